The van der Waals surface area contributed by atoms with E-state index in [0.29, 0.717) is 31.7 Å². The van der Waals surface area contributed by atoms with E-state index in [-0.39, 0.29) is 29.8 Å². The molecule has 1 unspecified atom stereocenters. The van der Waals surface area contributed by atoms with Gasteiger partial charge in [-0.05, 0) is 50.7 Å². The van der Waals surface area contributed by atoms with E-state index in [9.17, 15) is 25.1 Å². The molecule has 1 aromatic carbocycles. The monoisotopic (exact) mass is 436 g/mol. The third kappa shape index (κ3) is 7.78. The number of rotatable bonds is 13. The minimum atomic E-state index is -0.902. The number of nitrogens with zero attached hydrogens (tertiary/aromatic N) is 2. The maximum absolute atomic E-state index is 12.6. The maximum atomic E-state index is 12.6. The number of unbranched alkanes of at least 4 members (excludes halogenated alkanes) is 2. The summed E-state index contributed by atoms with van der Waals surface area (Å²) in [7, 11) is 0. The van der Waals surface area contributed by atoms with E-state index in [0.717, 1.165) is 44.9 Å². The van der Waals surface area contributed by atoms with Gasteiger partial charge in [0.25, 0.3) is 5.69 Å². The molecule has 174 valence electrons. The topological polar surface area (TPSA) is 113 Å². The minimum absolute atomic E-state index is 0.0000337. The Kier molecular flexibility index (Phi) is 10.7. The van der Waals surface area contributed by atoms with E-state index >= 15 is 0 Å². The van der Waals surface area contributed by atoms with Crippen LogP contribution in [0.3, 0.4) is 0 Å². The van der Waals surface area contributed by atoms with Crippen LogP contribution in [-0.4, -0.2) is 51.7 Å². The molecule has 0 radical (unpaired) electrons. The van der Waals surface area contributed by atoms with Crippen LogP contribution >= 0.6 is 0 Å². The highest BCUT2D eigenvalue weighted by Gasteiger charge is 2.24. The van der Waals surface area contributed by atoms with Gasteiger partial charge in [-0.1, -0.05) is 26.2 Å². The number of nitro benzene ring substituents is 1. The second-order valence-electron chi connectivity index (χ2n) is 8.16. The van der Waals surface area contributed by atoms with Crippen LogP contribution in [-0.2, 0) is 4.79 Å². The van der Waals surface area contributed by atoms with Crippen molar-refractivity contribution in [3.8, 4) is 5.75 Å². The molecule has 0 aliphatic heterocycles. The molecule has 1 saturated carbocycles. The Bertz CT molecular complexity index is 705. The standard InChI is InChI=1S/C23H36N2O6/c1-2-22(27)20-17-19(12-13-21(20)25(29)30)31-16-8-4-7-11-23(28)24(14-15-26)18-9-5-3-6-10-18/h12-13,17-18,22,26-27H,2-11,14-16H2,1H3. The maximum Gasteiger partial charge on any atom is 0.275 e. The van der Waals surface area contributed by atoms with Gasteiger partial charge in [-0.2, -0.15) is 0 Å². The number of hydrogen-bond acceptors (Lipinski definition) is 6. The largest absolute Gasteiger partial charge is 0.494 e. The van der Waals surface area contributed by atoms with Crippen molar-refractivity contribution in [1.29, 1.82) is 0 Å². The molecule has 31 heavy (non-hydrogen) atoms. The molecule has 1 fully saturated rings. The molecule has 2 N–H and O–H groups in total. The quantitative estimate of drug-likeness (QED) is 0.273. The van der Waals surface area contributed by atoms with Crippen LogP contribution in [0.5, 0.6) is 5.75 Å². The number of amides is 1. The van der Waals surface area contributed by atoms with Crippen LogP contribution < -0.4 is 4.74 Å². The Morgan fingerprint density at radius 3 is 2.65 bits per heavy atom. The lowest BCUT2D eigenvalue weighted by Gasteiger charge is -2.34. The Morgan fingerprint density at radius 1 is 1.26 bits per heavy atom. The van der Waals surface area contributed by atoms with Crippen LogP contribution in [0.2, 0.25) is 0 Å². The van der Waals surface area contributed by atoms with E-state index in [2.05, 4.69) is 0 Å². The number of nitro groups is 1. The molecule has 1 aliphatic rings. The fourth-order valence-corrected chi connectivity index (χ4v) is 4.18. The van der Waals surface area contributed by atoms with E-state index in [1.165, 1.54) is 18.6 Å². The van der Waals surface area contributed by atoms with Gasteiger partial charge in [0, 0.05) is 25.1 Å². The molecular weight excluding hydrogens is 400 g/mol. The van der Waals surface area contributed by atoms with Gasteiger partial charge in [0.05, 0.1) is 29.8 Å². The minimum Gasteiger partial charge on any atom is -0.494 e. The summed E-state index contributed by atoms with van der Waals surface area (Å²) in [4.78, 5) is 25.1. The second kappa shape index (κ2) is 13.3. The molecule has 0 aromatic heterocycles. The highest BCUT2D eigenvalue weighted by atomic mass is 16.6. The van der Waals surface area contributed by atoms with E-state index in [1.54, 1.807) is 13.0 Å². The highest BCUT2D eigenvalue weighted by molar-refractivity contribution is 5.76. The lowest BCUT2D eigenvalue weighted by atomic mass is 9.94. The Morgan fingerprint density at radius 2 is 2.00 bits per heavy atom. The number of benzene rings is 1. The van der Waals surface area contributed by atoms with Crippen LogP contribution in [0.1, 0.15) is 82.8 Å². The lowest BCUT2D eigenvalue weighted by Crippen LogP contribution is -2.43. The van der Waals surface area contributed by atoms with Gasteiger partial charge in [0.2, 0.25) is 5.91 Å². The van der Waals surface area contributed by atoms with Crippen molar-refractivity contribution in [2.75, 3.05) is 19.8 Å². The van der Waals surface area contributed by atoms with Gasteiger partial charge >= 0.3 is 0 Å². The zero-order valence-electron chi connectivity index (χ0n) is 18.5. The molecule has 0 bridgehead atoms. The van der Waals surface area contributed by atoms with Crippen molar-refractivity contribution in [2.45, 2.75) is 83.3 Å². The van der Waals surface area contributed by atoms with Gasteiger partial charge in [-0.25, -0.2) is 0 Å². The Hall–Kier alpha value is -2.19. The first-order valence-electron chi connectivity index (χ1n) is 11.5. The number of ether oxygens (including phenoxy) is 1. The number of carbonyl (C=O) groups excluding carboxylic acids is 1. The Balaban J connectivity index is 1.75. The van der Waals surface area contributed by atoms with Crippen LogP contribution in [0.15, 0.2) is 18.2 Å². The number of aliphatic hydroxyl groups excluding tert-OH is 2. The van der Waals surface area contributed by atoms with E-state index in [4.69, 9.17) is 4.74 Å². The molecule has 0 saturated heterocycles. The second-order valence-corrected chi connectivity index (χ2v) is 8.16. The van der Waals surface area contributed by atoms with E-state index < -0.39 is 11.0 Å². The predicted octanol–water partition coefficient (Wildman–Crippen LogP) is 4.13. The van der Waals surface area contributed by atoms with Crippen LogP contribution in [0.25, 0.3) is 0 Å². The van der Waals surface area contributed by atoms with Gasteiger partial charge in [-0.15, -0.1) is 0 Å². The third-order valence-electron chi connectivity index (χ3n) is 5.92. The molecule has 8 heteroatoms. The summed E-state index contributed by atoms with van der Waals surface area (Å²) >= 11 is 0. The molecule has 2 rings (SSSR count). The fraction of sp³-hybridized carbons (Fsp3) is 0.696. The summed E-state index contributed by atoms with van der Waals surface area (Å²) < 4.78 is 5.70. The Labute approximate surface area is 184 Å². The molecule has 1 aliphatic carbocycles. The average Bonchev–Trinajstić information content (AvgIpc) is 2.79. The van der Waals surface area contributed by atoms with Crippen molar-refractivity contribution >= 4 is 11.6 Å². The summed E-state index contributed by atoms with van der Waals surface area (Å²) in [6.45, 7) is 2.62. The van der Waals surface area contributed by atoms with Crippen LogP contribution in [0, 0.1) is 10.1 Å². The van der Waals surface area contributed by atoms with Crippen molar-refractivity contribution in [2.24, 2.45) is 0 Å². The van der Waals surface area contributed by atoms with Crippen molar-refractivity contribution in [3.63, 3.8) is 0 Å². The summed E-state index contributed by atoms with van der Waals surface area (Å²) in [6.07, 6.45) is 7.90. The van der Waals surface area contributed by atoms with Gasteiger partial charge in [-0.3, -0.25) is 14.9 Å². The van der Waals surface area contributed by atoms with Crippen molar-refractivity contribution in [1.82, 2.24) is 4.90 Å². The first kappa shape index (κ1) is 25.1. The van der Waals surface area contributed by atoms with E-state index in [1.807, 2.05) is 4.90 Å². The SMILES string of the molecule is CCC(O)c1cc(OCCCCCC(=O)N(CCO)C2CCCCC2)ccc1[N+](=O)[O-]. The third-order valence-corrected chi connectivity index (χ3v) is 5.92. The first-order chi connectivity index (χ1) is 15.0. The van der Waals surface area contributed by atoms with Crippen LogP contribution in [0.4, 0.5) is 5.69 Å². The fourth-order valence-electron chi connectivity index (χ4n) is 4.18. The summed E-state index contributed by atoms with van der Waals surface area (Å²) in [5.74, 6) is 0.617. The number of hydrogen-bond donors (Lipinski definition) is 2. The zero-order valence-corrected chi connectivity index (χ0v) is 18.5. The first-order valence-corrected chi connectivity index (χ1v) is 11.5. The molecule has 1 amide bonds. The van der Waals surface area contributed by atoms with Crippen molar-refractivity contribution < 1.29 is 24.7 Å². The summed E-state index contributed by atoms with van der Waals surface area (Å²) in [5.41, 5.74) is 0.160. The van der Waals surface area contributed by atoms with Gasteiger partial charge < -0.3 is 19.8 Å². The summed E-state index contributed by atoms with van der Waals surface area (Å²) in [5, 5.41) is 30.5. The number of aliphatic hydroxyl groups is 2. The molecule has 1 atom stereocenters. The lowest BCUT2D eigenvalue weighted by molar-refractivity contribution is -0.386. The molecule has 8 nitrogen and oxygen atoms in total. The number of carbonyl (C=O) groups is 1. The normalized spacial score (nSPS) is 15.5. The summed E-state index contributed by atoms with van der Waals surface area (Å²) in [6, 6.07) is 4.71. The molecular formula is C23H36N2O6. The predicted molar refractivity (Wildman–Crippen MR) is 118 cm³/mol. The van der Waals surface area contributed by atoms with Crippen molar-refractivity contribution in [3.05, 3.63) is 33.9 Å². The average molecular weight is 437 g/mol. The molecule has 1 aromatic rings. The van der Waals surface area contributed by atoms with Gasteiger partial charge in [0.1, 0.15) is 5.75 Å². The smallest absolute Gasteiger partial charge is 0.275 e. The molecule has 0 spiro atoms. The zero-order chi connectivity index (χ0) is 22.6. The molecule has 0 heterocycles. The van der Waals surface area contributed by atoms with Gasteiger partial charge in [0.15, 0.2) is 0 Å². The highest BCUT2D eigenvalue weighted by Crippen LogP contribution is 2.31.